The first-order chi connectivity index (χ1) is 11.5. The summed E-state index contributed by atoms with van der Waals surface area (Å²) < 4.78 is 12.3. The molecule has 144 valence electrons. The number of rotatable bonds is 12. The lowest BCUT2D eigenvalue weighted by molar-refractivity contribution is -0.473. The van der Waals surface area contributed by atoms with Gasteiger partial charge in [-0.2, -0.15) is 0 Å². The van der Waals surface area contributed by atoms with E-state index >= 15 is 0 Å². The number of hydrogen-bond acceptors (Lipinski definition) is 4. The van der Waals surface area contributed by atoms with E-state index < -0.39 is 22.4 Å². The Bertz CT molecular complexity index is 295. The molecule has 0 aromatic rings. The highest BCUT2D eigenvalue weighted by atomic mass is 28.4. The first-order valence-corrected chi connectivity index (χ1v) is 15.3. The van der Waals surface area contributed by atoms with Crippen LogP contribution in [-0.2, 0) is 18.9 Å². The Hall–Kier alpha value is 0.274. The molecule has 0 N–H and O–H groups in total. The molecule has 0 aromatic carbocycles. The van der Waals surface area contributed by atoms with Crippen LogP contribution in [0.2, 0.25) is 36.3 Å². The van der Waals surface area contributed by atoms with Crippen molar-refractivity contribution in [2.45, 2.75) is 116 Å². The van der Waals surface area contributed by atoms with Gasteiger partial charge in [-0.15, -0.1) is 0 Å². The molecule has 24 heavy (non-hydrogen) atoms. The minimum atomic E-state index is -1.79. The molecule has 0 saturated heterocycles. The molecule has 4 nitrogen and oxygen atoms in total. The predicted molar refractivity (Wildman–Crippen MR) is 105 cm³/mol. The van der Waals surface area contributed by atoms with Crippen LogP contribution in [0.25, 0.3) is 0 Å². The average Bonchev–Trinajstić information content (AvgIpc) is 2.66. The summed E-state index contributed by atoms with van der Waals surface area (Å²) in [5, 5.41) is 0. The zero-order valence-electron chi connectivity index (χ0n) is 16.9. The van der Waals surface area contributed by atoms with E-state index in [9.17, 15) is 0 Å². The summed E-state index contributed by atoms with van der Waals surface area (Å²) in [5.74, 6) is -0.687. The highest BCUT2D eigenvalue weighted by molar-refractivity contribution is 6.73. The molecule has 0 radical (unpaired) electrons. The van der Waals surface area contributed by atoms with Crippen molar-refractivity contribution < 1.29 is 18.9 Å². The first kappa shape index (κ1) is 22.3. The van der Waals surface area contributed by atoms with Crippen molar-refractivity contribution in [2.75, 3.05) is 0 Å². The van der Waals surface area contributed by atoms with Gasteiger partial charge in [-0.1, -0.05) is 48.0 Å². The fraction of sp³-hybridized carbons (Fsp3) is 1.00. The van der Waals surface area contributed by atoms with Crippen LogP contribution in [0.4, 0.5) is 0 Å². The van der Waals surface area contributed by atoms with Gasteiger partial charge in [-0.05, 0) is 49.1 Å². The largest absolute Gasteiger partial charge is 0.283 e. The normalized spacial score (nSPS) is 18.8. The fourth-order valence-corrected chi connectivity index (χ4v) is 7.82. The van der Waals surface area contributed by atoms with Crippen LogP contribution < -0.4 is 0 Å². The highest BCUT2D eigenvalue weighted by Gasteiger charge is 2.43. The van der Waals surface area contributed by atoms with Gasteiger partial charge in [0.2, 0.25) is 22.4 Å². The summed E-state index contributed by atoms with van der Waals surface area (Å²) in [6.45, 7) is 13.3. The van der Waals surface area contributed by atoms with E-state index in [1.54, 1.807) is 0 Å². The third-order valence-electron chi connectivity index (χ3n) is 6.22. The van der Waals surface area contributed by atoms with Crippen LogP contribution >= 0.6 is 0 Å². The maximum absolute atomic E-state index is 6.14. The Morgan fingerprint density at radius 3 is 1.21 bits per heavy atom. The van der Waals surface area contributed by atoms with E-state index in [4.69, 9.17) is 18.9 Å². The standard InChI is InChI=1S/C18H40O4Si2/c1-7-23(8-2,9-3)21-19-18(16-14-13-15-17-18)20-22-24(10-4,11-5)12-6/h7-17H2,1-6H3. The predicted octanol–water partition coefficient (Wildman–Crippen LogP) is 6.55. The second kappa shape index (κ2) is 10.4. The molecular formula is C18H40O4Si2. The molecule has 0 spiro atoms. The Balaban J connectivity index is 2.79. The molecule has 0 aliphatic heterocycles. The van der Waals surface area contributed by atoms with Crippen molar-refractivity contribution in [2.24, 2.45) is 0 Å². The van der Waals surface area contributed by atoms with E-state index in [1.165, 1.54) is 6.42 Å². The van der Waals surface area contributed by atoms with Gasteiger partial charge in [0.15, 0.2) is 0 Å². The first-order valence-electron chi connectivity index (χ1n) is 10.2. The Morgan fingerprint density at radius 2 is 0.917 bits per heavy atom. The van der Waals surface area contributed by atoms with Crippen molar-refractivity contribution in [3.63, 3.8) is 0 Å². The minimum absolute atomic E-state index is 0.687. The summed E-state index contributed by atoms with van der Waals surface area (Å²) in [6, 6.07) is 6.47. The van der Waals surface area contributed by atoms with Crippen LogP contribution in [0, 0.1) is 0 Å². The molecule has 1 saturated carbocycles. The van der Waals surface area contributed by atoms with Crippen molar-refractivity contribution in [1.29, 1.82) is 0 Å². The maximum Gasteiger partial charge on any atom is 0.238 e. The molecule has 1 aliphatic carbocycles. The van der Waals surface area contributed by atoms with E-state index in [0.717, 1.165) is 61.9 Å². The zero-order valence-corrected chi connectivity index (χ0v) is 18.9. The quantitative estimate of drug-likeness (QED) is 0.167. The lowest BCUT2D eigenvalue weighted by atomic mass is 9.94. The SMILES string of the molecule is CC[Si](CC)(CC)OOC1(OO[Si](CC)(CC)CC)CCCCC1. The van der Waals surface area contributed by atoms with E-state index in [0.29, 0.717) is 0 Å². The van der Waals surface area contributed by atoms with Gasteiger partial charge in [0.1, 0.15) is 0 Å². The van der Waals surface area contributed by atoms with E-state index in [1.807, 2.05) is 0 Å². The Kier molecular flexibility index (Phi) is 9.70. The summed E-state index contributed by atoms with van der Waals surface area (Å²) in [7, 11) is -3.59. The van der Waals surface area contributed by atoms with Crippen molar-refractivity contribution >= 4 is 16.6 Å². The molecule has 0 atom stereocenters. The van der Waals surface area contributed by atoms with Crippen LogP contribution in [0.1, 0.15) is 73.6 Å². The van der Waals surface area contributed by atoms with E-state index in [-0.39, 0.29) is 0 Å². The topological polar surface area (TPSA) is 36.9 Å². The van der Waals surface area contributed by atoms with Crippen molar-refractivity contribution in [3.8, 4) is 0 Å². The van der Waals surface area contributed by atoms with E-state index in [2.05, 4.69) is 41.5 Å². The smallest absolute Gasteiger partial charge is 0.238 e. The second-order valence-corrected chi connectivity index (χ2v) is 16.6. The minimum Gasteiger partial charge on any atom is -0.283 e. The van der Waals surface area contributed by atoms with Gasteiger partial charge in [-0.25, -0.2) is 9.78 Å². The Labute approximate surface area is 151 Å². The molecule has 0 bridgehead atoms. The molecule has 0 unspecified atom stereocenters. The highest BCUT2D eigenvalue weighted by Crippen LogP contribution is 2.37. The van der Waals surface area contributed by atoms with Gasteiger partial charge in [0, 0.05) is 12.8 Å². The molecule has 1 aliphatic rings. The van der Waals surface area contributed by atoms with Gasteiger partial charge in [-0.3, -0.25) is 9.15 Å². The second-order valence-electron chi connectivity index (χ2n) is 7.29. The summed E-state index contributed by atoms with van der Waals surface area (Å²) >= 11 is 0. The molecular weight excluding hydrogens is 336 g/mol. The van der Waals surface area contributed by atoms with Gasteiger partial charge >= 0.3 is 0 Å². The monoisotopic (exact) mass is 376 g/mol. The molecule has 0 heterocycles. The lowest BCUT2D eigenvalue weighted by Gasteiger charge is -2.40. The van der Waals surface area contributed by atoms with Gasteiger partial charge in [0.05, 0.1) is 0 Å². The zero-order chi connectivity index (χ0) is 18.1. The lowest BCUT2D eigenvalue weighted by Crippen LogP contribution is -2.47. The summed E-state index contributed by atoms with van der Waals surface area (Å²) in [5.41, 5.74) is 0. The number of hydrogen-bond donors (Lipinski definition) is 0. The van der Waals surface area contributed by atoms with Gasteiger partial charge < -0.3 is 0 Å². The molecule has 6 heteroatoms. The van der Waals surface area contributed by atoms with Crippen LogP contribution in [-0.4, -0.2) is 22.4 Å². The fourth-order valence-electron chi connectivity index (χ4n) is 3.45. The van der Waals surface area contributed by atoms with Crippen molar-refractivity contribution in [1.82, 2.24) is 0 Å². The average molecular weight is 377 g/mol. The Morgan fingerprint density at radius 1 is 0.583 bits per heavy atom. The third-order valence-corrected chi connectivity index (χ3v) is 14.8. The molecule has 1 rings (SSSR count). The maximum atomic E-state index is 6.14. The third kappa shape index (κ3) is 5.64. The van der Waals surface area contributed by atoms with Crippen LogP contribution in [0.3, 0.4) is 0 Å². The molecule has 0 aromatic heterocycles. The van der Waals surface area contributed by atoms with Crippen LogP contribution in [0.5, 0.6) is 0 Å². The van der Waals surface area contributed by atoms with Crippen LogP contribution in [0.15, 0.2) is 0 Å². The van der Waals surface area contributed by atoms with Gasteiger partial charge in [0.25, 0.3) is 0 Å². The summed E-state index contributed by atoms with van der Waals surface area (Å²) in [4.78, 5) is 12.1. The molecule has 0 amide bonds. The van der Waals surface area contributed by atoms with Crippen molar-refractivity contribution in [3.05, 3.63) is 0 Å². The molecule has 1 fully saturated rings. The summed E-state index contributed by atoms with van der Waals surface area (Å²) in [6.07, 6.45) is 5.21.